The van der Waals surface area contributed by atoms with E-state index in [-0.39, 0.29) is 24.2 Å². The van der Waals surface area contributed by atoms with E-state index in [2.05, 4.69) is 4.72 Å². The number of rotatable bonds is 4. The predicted molar refractivity (Wildman–Crippen MR) is 73.1 cm³/mol. The molecule has 7 heteroatoms. The summed E-state index contributed by atoms with van der Waals surface area (Å²) in [6.07, 6.45) is 1.92. The molecular weight excluding hydrogens is 283 g/mol. The van der Waals surface area contributed by atoms with Crippen LogP contribution in [0, 0.1) is 5.82 Å². The van der Waals surface area contributed by atoms with Gasteiger partial charge in [-0.1, -0.05) is 12.1 Å². The van der Waals surface area contributed by atoms with E-state index in [1.807, 2.05) is 0 Å². The molecular formula is C13H17FN2O3S. The standard InChI is InChI=1S/C13H17FN2O3S/c1-20(18,19)15-12-6-7-16(9-12)13(17)8-10-2-4-11(14)5-3-10/h2-5,12,15H,6-9H2,1H3. The molecule has 0 saturated carbocycles. The van der Waals surface area contributed by atoms with Gasteiger partial charge in [-0.3, -0.25) is 4.79 Å². The van der Waals surface area contributed by atoms with Gasteiger partial charge in [0.1, 0.15) is 5.82 Å². The molecule has 1 saturated heterocycles. The largest absolute Gasteiger partial charge is 0.341 e. The van der Waals surface area contributed by atoms with E-state index < -0.39 is 10.0 Å². The minimum atomic E-state index is -3.25. The van der Waals surface area contributed by atoms with Gasteiger partial charge in [-0.15, -0.1) is 0 Å². The summed E-state index contributed by atoms with van der Waals surface area (Å²) in [5, 5.41) is 0. The zero-order chi connectivity index (χ0) is 14.8. The molecule has 1 unspecified atom stereocenters. The van der Waals surface area contributed by atoms with Crippen LogP contribution in [0.5, 0.6) is 0 Å². The summed E-state index contributed by atoms with van der Waals surface area (Å²) < 4.78 is 37.5. The van der Waals surface area contributed by atoms with E-state index in [1.54, 1.807) is 17.0 Å². The monoisotopic (exact) mass is 300 g/mol. The molecule has 0 radical (unpaired) electrons. The Morgan fingerprint density at radius 2 is 2.05 bits per heavy atom. The molecule has 1 aromatic rings. The molecule has 1 aromatic carbocycles. The molecule has 1 aliphatic rings. The van der Waals surface area contributed by atoms with Crippen LogP contribution < -0.4 is 4.72 Å². The van der Waals surface area contributed by atoms with Crippen molar-refractivity contribution in [3.8, 4) is 0 Å². The topological polar surface area (TPSA) is 66.5 Å². The van der Waals surface area contributed by atoms with E-state index >= 15 is 0 Å². The van der Waals surface area contributed by atoms with Gasteiger partial charge in [0.25, 0.3) is 0 Å². The number of likely N-dealkylation sites (tertiary alicyclic amines) is 1. The van der Waals surface area contributed by atoms with Gasteiger partial charge in [0.15, 0.2) is 0 Å². The Kier molecular flexibility index (Phi) is 4.39. The SMILES string of the molecule is CS(=O)(=O)NC1CCN(C(=O)Cc2ccc(F)cc2)C1. The van der Waals surface area contributed by atoms with Crippen LogP contribution in [0.2, 0.25) is 0 Å². The average molecular weight is 300 g/mol. The second-order valence-corrected chi connectivity index (χ2v) is 6.80. The second-order valence-electron chi connectivity index (χ2n) is 5.02. The Morgan fingerprint density at radius 1 is 1.40 bits per heavy atom. The fraction of sp³-hybridized carbons (Fsp3) is 0.462. The maximum absolute atomic E-state index is 12.8. The zero-order valence-electron chi connectivity index (χ0n) is 11.2. The molecule has 1 N–H and O–H groups in total. The lowest BCUT2D eigenvalue weighted by Crippen LogP contribution is -2.38. The first-order valence-corrected chi connectivity index (χ1v) is 8.22. The lowest BCUT2D eigenvalue weighted by molar-refractivity contribution is -0.129. The number of nitrogens with one attached hydrogen (secondary N) is 1. The third kappa shape index (κ3) is 4.28. The molecule has 0 aliphatic carbocycles. The van der Waals surface area contributed by atoms with E-state index in [4.69, 9.17) is 0 Å². The van der Waals surface area contributed by atoms with Gasteiger partial charge in [-0.25, -0.2) is 17.5 Å². The highest BCUT2D eigenvalue weighted by Crippen LogP contribution is 2.13. The lowest BCUT2D eigenvalue weighted by atomic mass is 10.1. The van der Waals surface area contributed by atoms with Crippen LogP contribution in [0.3, 0.4) is 0 Å². The molecule has 5 nitrogen and oxygen atoms in total. The van der Waals surface area contributed by atoms with Gasteiger partial charge in [-0.2, -0.15) is 0 Å². The molecule has 1 amide bonds. The number of hydrogen-bond donors (Lipinski definition) is 1. The number of nitrogens with zero attached hydrogens (tertiary/aromatic N) is 1. The van der Waals surface area contributed by atoms with Crippen molar-refractivity contribution in [3.63, 3.8) is 0 Å². The quantitative estimate of drug-likeness (QED) is 0.881. The van der Waals surface area contributed by atoms with Crippen molar-refractivity contribution < 1.29 is 17.6 Å². The highest BCUT2D eigenvalue weighted by molar-refractivity contribution is 7.88. The summed E-state index contributed by atoms with van der Waals surface area (Å²) in [4.78, 5) is 13.7. The predicted octanol–water partition coefficient (Wildman–Crippen LogP) is 0.518. The Morgan fingerprint density at radius 3 is 2.65 bits per heavy atom. The highest BCUT2D eigenvalue weighted by atomic mass is 32.2. The summed E-state index contributed by atoms with van der Waals surface area (Å²) in [5.41, 5.74) is 0.746. The van der Waals surface area contributed by atoms with Crippen molar-refractivity contribution in [2.45, 2.75) is 18.9 Å². The first kappa shape index (κ1) is 14.9. The summed E-state index contributed by atoms with van der Waals surface area (Å²) >= 11 is 0. The van der Waals surface area contributed by atoms with Crippen LogP contribution in [-0.4, -0.2) is 44.6 Å². The third-order valence-electron chi connectivity index (χ3n) is 3.19. The Balaban J connectivity index is 1.90. The minimum absolute atomic E-state index is 0.0746. The van der Waals surface area contributed by atoms with Crippen molar-refractivity contribution in [1.29, 1.82) is 0 Å². The van der Waals surface area contributed by atoms with E-state index in [0.717, 1.165) is 11.8 Å². The molecule has 20 heavy (non-hydrogen) atoms. The van der Waals surface area contributed by atoms with Crippen LogP contribution in [-0.2, 0) is 21.2 Å². The van der Waals surface area contributed by atoms with Crippen LogP contribution in [0.4, 0.5) is 4.39 Å². The molecule has 0 bridgehead atoms. The normalized spacial score (nSPS) is 19.3. The second kappa shape index (κ2) is 5.88. The van der Waals surface area contributed by atoms with Gasteiger partial charge in [0, 0.05) is 19.1 Å². The maximum atomic E-state index is 12.8. The Labute approximate surface area is 117 Å². The highest BCUT2D eigenvalue weighted by Gasteiger charge is 2.27. The molecule has 1 atom stereocenters. The van der Waals surface area contributed by atoms with Crippen molar-refractivity contribution in [2.75, 3.05) is 19.3 Å². The van der Waals surface area contributed by atoms with Crippen LogP contribution in [0.1, 0.15) is 12.0 Å². The smallest absolute Gasteiger partial charge is 0.227 e. The molecule has 0 spiro atoms. The first-order valence-electron chi connectivity index (χ1n) is 6.33. The number of hydrogen-bond acceptors (Lipinski definition) is 3. The van der Waals surface area contributed by atoms with Crippen molar-refractivity contribution in [1.82, 2.24) is 9.62 Å². The third-order valence-corrected chi connectivity index (χ3v) is 3.95. The molecule has 2 rings (SSSR count). The molecule has 1 fully saturated rings. The summed E-state index contributed by atoms with van der Waals surface area (Å²) in [6.45, 7) is 0.917. The lowest BCUT2D eigenvalue weighted by Gasteiger charge is -2.16. The van der Waals surface area contributed by atoms with Gasteiger partial charge in [-0.05, 0) is 24.1 Å². The molecule has 0 aromatic heterocycles. The van der Waals surface area contributed by atoms with E-state index in [0.29, 0.717) is 19.5 Å². The van der Waals surface area contributed by atoms with Crippen molar-refractivity contribution in [2.24, 2.45) is 0 Å². The summed E-state index contributed by atoms with van der Waals surface area (Å²) in [7, 11) is -3.25. The Hall–Kier alpha value is -1.47. The van der Waals surface area contributed by atoms with Crippen molar-refractivity contribution in [3.05, 3.63) is 35.6 Å². The minimum Gasteiger partial charge on any atom is -0.341 e. The van der Waals surface area contributed by atoms with Gasteiger partial charge >= 0.3 is 0 Å². The van der Waals surface area contributed by atoms with Crippen molar-refractivity contribution >= 4 is 15.9 Å². The molecule has 1 heterocycles. The van der Waals surface area contributed by atoms with Crippen LogP contribution in [0.15, 0.2) is 24.3 Å². The maximum Gasteiger partial charge on any atom is 0.227 e. The number of halogens is 1. The fourth-order valence-corrected chi connectivity index (χ4v) is 3.07. The number of benzene rings is 1. The van der Waals surface area contributed by atoms with E-state index in [1.165, 1.54) is 12.1 Å². The number of sulfonamides is 1. The first-order chi connectivity index (χ1) is 9.33. The number of carbonyl (C=O) groups excluding carboxylic acids is 1. The fourth-order valence-electron chi connectivity index (χ4n) is 2.27. The van der Waals surface area contributed by atoms with E-state index in [9.17, 15) is 17.6 Å². The summed E-state index contributed by atoms with van der Waals surface area (Å²) in [6, 6.07) is 5.58. The number of carbonyl (C=O) groups is 1. The number of amides is 1. The van der Waals surface area contributed by atoms with Crippen LogP contribution in [0.25, 0.3) is 0 Å². The molecule has 1 aliphatic heterocycles. The van der Waals surface area contributed by atoms with Crippen LogP contribution >= 0.6 is 0 Å². The summed E-state index contributed by atoms with van der Waals surface area (Å²) in [5.74, 6) is -0.408. The molecule has 110 valence electrons. The van der Waals surface area contributed by atoms with Gasteiger partial charge in [0.05, 0.1) is 12.7 Å². The Bertz CT molecular complexity index is 586. The zero-order valence-corrected chi connectivity index (χ0v) is 12.0. The van der Waals surface area contributed by atoms with Gasteiger partial charge < -0.3 is 4.90 Å². The van der Waals surface area contributed by atoms with Gasteiger partial charge in [0.2, 0.25) is 15.9 Å². The average Bonchev–Trinajstić information content (AvgIpc) is 2.78.